The fourth-order valence-corrected chi connectivity index (χ4v) is 3.12. The lowest BCUT2D eigenvalue weighted by Gasteiger charge is -2.10. The van der Waals surface area contributed by atoms with Gasteiger partial charge in [0.2, 0.25) is 0 Å². The smallest absolute Gasteiger partial charge is 0.277 e. The van der Waals surface area contributed by atoms with Gasteiger partial charge < -0.3 is 11.1 Å². The van der Waals surface area contributed by atoms with Crippen LogP contribution in [0.15, 0.2) is 72.9 Å². The summed E-state index contributed by atoms with van der Waals surface area (Å²) in [5, 5.41) is 10.6. The van der Waals surface area contributed by atoms with E-state index in [9.17, 15) is 13.6 Å². The zero-order valence-corrected chi connectivity index (χ0v) is 16.4. The van der Waals surface area contributed by atoms with E-state index in [4.69, 9.17) is 5.73 Å². The Morgan fingerprint density at radius 3 is 2.52 bits per heavy atom. The third kappa shape index (κ3) is 4.92. The molecular formula is C23H19F2N5O. The molecule has 6 nitrogen and oxygen atoms in total. The molecule has 1 heterocycles. The number of hydrogen-bond donors (Lipinski definition) is 2. The largest absolute Gasteiger partial charge is 0.397 e. The zero-order chi connectivity index (χ0) is 21.8. The summed E-state index contributed by atoms with van der Waals surface area (Å²) in [4.78, 5) is 12.6. The standard InChI is InChI=1S/C23H19F2N5O/c24-18-7-4-16(5-8-18)17-6-9-20(26)21(13-17)27-23(31)22-14-30(29-28-22)11-10-15-2-1-3-19(25)12-15/h1-9,12-14H,10-11,26H2,(H,27,31). The molecular weight excluding hydrogens is 400 g/mol. The summed E-state index contributed by atoms with van der Waals surface area (Å²) in [6, 6.07) is 17.5. The van der Waals surface area contributed by atoms with E-state index in [0.29, 0.717) is 24.3 Å². The average Bonchev–Trinajstić information content (AvgIpc) is 3.24. The molecule has 3 aromatic carbocycles. The lowest BCUT2D eigenvalue weighted by molar-refractivity contribution is 0.102. The van der Waals surface area contributed by atoms with Crippen LogP contribution in [0.25, 0.3) is 11.1 Å². The lowest BCUT2D eigenvalue weighted by atomic mass is 10.0. The quantitative estimate of drug-likeness (QED) is 0.456. The van der Waals surface area contributed by atoms with Crippen molar-refractivity contribution in [1.29, 1.82) is 0 Å². The van der Waals surface area contributed by atoms with Gasteiger partial charge in [-0.25, -0.2) is 8.78 Å². The molecule has 0 aliphatic carbocycles. The predicted molar refractivity (Wildman–Crippen MR) is 114 cm³/mol. The summed E-state index contributed by atoms with van der Waals surface area (Å²) in [5.74, 6) is -1.08. The molecule has 0 aliphatic rings. The second-order valence-corrected chi connectivity index (χ2v) is 7.01. The maximum atomic E-state index is 13.3. The van der Waals surface area contributed by atoms with Crippen LogP contribution in [-0.4, -0.2) is 20.9 Å². The van der Waals surface area contributed by atoms with Crippen LogP contribution >= 0.6 is 0 Å². The fraction of sp³-hybridized carbons (Fsp3) is 0.0870. The summed E-state index contributed by atoms with van der Waals surface area (Å²) in [7, 11) is 0. The van der Waals surface area contributed by atoms with Crippen LogP contribution < -0.4 is 11.1 Å². The Morgan fingerprint density at radius 1 is 0.968 bits per heavy atom. The van der Waals surface area contributed by atoms with Gasteiger partial charge in [-0.3, -0.25) is 9.48 Å². The van der Waals surface area contributed by atoms with E-state index in [1.165, 1.54) is 35.1 Å². The van der Waals surface area contributed by atoms with Crippen LogP contribution in [0.1, 0.15) is 16.1 Å². The number of nitrogens with two attached hydrogens (primary N) is 1. The van der Waals surface area contributed by atoms with Gasteiger partial charge in [0.1, 0.15) is 11.6 Å². The SMILES string of the molecule is Nc1ccc(-c2ccc(F)cc2)cc1NC(=O)c1cn(CCc2cccc(F)c2)nn1. The second-order valence-electron chi connectivity index (χ2n) is 7.01. The van der Waals surface area contributed by atoms with Gasteiger partial charge in [0.05, 0.1) is 17.6 Å². The topological polar surface area (TPSA) is 85.8 Å². The second kappa shape index (κ2) is 8.74. The van der Waals surface area contributed by atoms with Crippen molar-refractivity contribution in [2.24, 2.45) is 0 Å². The molecule has 0 bridgehead atoms. The van der Waals surface area contributed by atoms with Crippen LogP contribution in [0.2, 0.25) is 0 Å². The van der Waals surface area contributed by atoms with Crippen molar-refractivity contribution >= 4 is 17.3 Å². The van der Waals surface area contributed by atoms with E-state index >= 15 is 0 Å². The van der Waals surface area contributed by atoms with Gasteiger partial charge in [0, 0.05) is 6.54 Å². The molecule has 0 spiro atoms. The normalized spacial score (nSPS) is 10.8. The predicted octanol–water partition coefficient (Wildman–Crippen LogP) is 4.30. The maximum absolute atomic E-state index is 13.3. The van der Waals surface area contributed by atoms with E-state index in [0.717, 1.165) is 16.7 Å². The molecule has 156 valence electrons. The number of halogens is 2. The van der Waals surface area contributed by atoms with Gasteiger partial charge in [0.25, 0.3) is 5.91 Å². The summed E-state index contributed by atoms with van der Waals surface area (Å²) in [6.45, 7) is 0.450. The minimum absolute atomic E-state index is 0.130. The Morgan fingerprint density at radius 2 is 1.74 bits per heavy atom. The van der Waals surface area contributed by atoms with Gasteiger partial charge in [0.15, 0.2) is 5.69 Å². The number of aryl methyl sites for hydroxylation is 2. The van der Waals surface area contributed by atoms with E-state index in [2.05, 4.69) is 15.6 Å². The maximum Gasteiger partial charge on any atom is 0.277 e. The zero-order valence-electron chi connectivity index (χ0n) is 16.4. The molecule has 1 aromatic heterocycles. The molecule has 8 heteroatoms. The Kier molecular flexibility index (Phi) is 5.70. The minimum atomic E-state index is -0.458. The molecule has 1 amide bonds. The Bertz CT molecular complexity index is 1220. The highest BCUT2D eigenvalue weighted by molar-refractivity contribution is 6.04. The van der Waals surface area contributed by atoms with Gasteiger partial charge in [-0.1, -0.05) is 35.5 Å². The van der Waals surface area contributed by atoms with E-state index in [1.807, 2.05) is 6.07 Å². The van der Waals surface area contributed by atoms with Gasteiger partial charge in [-0.05, 0) is 59.5 Å². The number of nitrogens with zero attached hydrogens (tertiary/aromatic N) is 3. The van der Waals surface area contributed by atoms with Gasteiger partial charge in [-0.15, -0.1) is 5.10 Å². The lowest BCUT2D eigenvalue weighted by Crippen LogP contribution is -2.14. The van der Waals surface area contributed by atoms with Crippen molar-refractivity contribution in [3.63, 3.8) is 0 Å². The number of anilines is 2. The molecule has 0 unspecified atom stereocenters. The van der Waals surface area contributed by atoms with Crippen LogP contribution in [-0.2, 0) is 13.0 Å². The number of rotatable bonds is 6. The number of hydrogen-bond acceptors (Lipinski definition) is 4. The van der Waals surface area contributed by atoms with Crippen LogP contribution in [0, 0.1) is 11.6 Å². The summed E-state index contributed by atoms with van der Waals surface area (Å²) >= 11 is 0. The Labute approximate surface area is 177 Å². The summed E-state index contributed by atoms with van der Waals surface area (Å²) < 4.78 is 28.0. The number of carbonyl (C=O) groups excluding carboxylic acids is 1. The molecule has 4 rings (SSSR count). The first-order chi connectivity index (χ1) is 15.0. The highest BCUT2D eigenvalue weighted by Gasteiger charge is 2.13. The van der Waals surface area contributed by atoms with Gasteiger partial charge in [-0.2, -0.15) is 0 Å². The Hall–Kier alpha value is -4.07. The fourth-order valence-electron chi connectivity index (χ4n) is 3.12. The first-order valence-electron chi connectivity index (χ1n) is 9.59. The van der Waals surface area contributed by atoms with Gasteiger partial charge >= 0.3 is 0 Å². The van der Waals surface area contributed by atoms with E-state index in [-0.39, 0.29) is 17.3 Å². The molecule has 0 fully saturated rings. The molecule has 0 atom stereocenters. The number of carbonyl (C=O) groups is 1. The molecule has 0 saturated heterocycles. The summed E-state index contributed by atoms with van der Waals surface area (Å²) in [5.41, 5.74) is 9.33. The number of aromatic nitrogens is 3. The number of nitrogens with one attached hydrogen (secondary N) is 1. The Balaban J connectivity index is 1.45. The third-order valence-electron chi connectivity index (χ3n) is 4.77. The van der Waals surface area contributed by atoms with Crippen molar-refractivity contribution in [3.8, 4) is 11.1 Å². The van der Waals surface area contributed by atoms with Crippen molar-refractivity contribution in [1.82, 2.24) is 15.0 Å². The van der Waals surface area contributed by atoms with E-state index in [1.54, 1.807) is 36.4 Å². The average molecular weight is 419 g/mol. The molecule has 0 aliphatic heterocycles. The molecule has 3 N–H and O–H groups in total. The minimum Gasteiger partial charge on any atom is -0.397 e. The third-order valence-corrected chi connectivity index (χ3v) is 4.77. The molecule has 4 aromatic rings. The monoisotopic (exact) mass is 419 g/mol. The summed E-state index contributed by atoms with van der Waals surface area (Å²) in [6.07, 6.45) is 2.07. The van der Waals surface area contributed by atoms with Crippen LogP contribution in [0.4, 0.5) is 20.2 Å². The van der Waals surface area contributed by atoms with Crippen LogP contribution in [0.3, 0.4) is 0 Å². The van der Waals surface area contributed by atoms with Crippen molar-refractivity contribution in [2.75, 3.05) is 11.1 Å². The first-order valence-corrected chi connectivity index (χ1v) is 9.59. The van der Waals surface area contributed by atoms with Crippen molar-refractivity contribution in [3.05, 3.63) is 95.8 Å². The number of nitrogen functional groups attached to an aromatic ring is 1. The number of benzene rings is 3. The molecule has 0 saturated carbocycles. The van der Waals surface area contributed by atoms with Crippen LogP contribution in [0.5, 0.6) is 0 Å². The molecule has 31 heavy (non-hydrogen) atoms. The number of amides is 1. The molecule has 0 radical (unpaired) electrons. The highest BCUT2D eigenvalue weighted by atomic mass is 19.1. The van der Waals surface area contributed by atoms with Crippen molar-refractivity contribution in [2.45, 2.75) is 13.0 Å². The first kappa shape index (κ1) is 20.2. The highest BCUT2D eigenvalue weighted by Crippen LogP contribution is 2.27. The van der Waals surface area contributed by atoms with E-state index < -0.39 is 5.91 Å². The van der Waals surface area contributed by atoms with Crippen molar-refractivity contribution < 1.29 is 13.6 Å².